The van der Waals surface area contributed by atoms with Gasteiger partial charge in [0.05, 0.1) is 0 Å². The lowest BCUT2D eigenvalue weighted by Gasteiger charge is -2.10. The van der Waals surface area contributed by atoms with Crippen LogP contribution in [0.15, 0.2) is 48.5 Å². The van der Waals surface area contributed by atoms with Crippen LogP contribution in [0.3, 0.4) is 0 Å². The lowest BCUT2D eigenvalue weighted by Crippen LogP contribution is -2.29. The molecule has 0 aliphatic carbocycles. The lowest BCUT2D eigenvalue weighted by molar-refractivity contribution is -0.123. The number of nitrogens with one attached hydrogen (secondary N) is 1. The SMILES string of the molecule is CC(C)c1ccc(CCCNC(=O)COc2ccc(C(C)C)cc2)cc1. The molecule has 0 aliphatic rings. The third kappa shape index (κ3) is 6.55. The van der Waals surface area contributed by atoms with Crippen molar-refractivity contribution in [3.63, 3.8) is 0 Å². The molecule has 140 valence electrons. The summed E-state index contributed by atoms with van der Waals surface area (Å²) in [6, 6.07) is 16.7. The number of hydrogen-bond donors (Lipinski definition) is 1. The van der Waals surface area contributed by atoms with Crippen molar-refractivity contribution in [1.82, 2.24) is 5.32 Å². The summed E-state index contributed by atoms with van der Waals surface area (Å²) < 4.78 is 5.54. The van der Waals surface area contributed by atoms with E-state index < -0.39 is 0 Å². The van der Waals surface area contributed by atoms with Crippen LogP contribution < -0.4 is 10.1 Å². The van der Waals surface area contributed by atoms with E-state index in [2.05, 4.69) is 57.3 Å². The molecule has 3 heteroatoms. The zero-order valence-electron chi connectivity index (χ0n) is 16.4. The Balaban J connectivity index is 1.64. The minimum atomic E-state index is -0.0758. The summed E-state index contributed by atoms with van der Waals surface area (Å²) in [5.41, 5.74) is 3.94. The average molecular weight is 354 g/mol. The number of benzene rings is 2. The van der Waals surface area contributed by atoms with Crippen LogP contribution in [0.25, 0.3) is 0 Å². The monoisotopic (exact) mass is 353 g/mol. The second-order valence-electron chi connectivity index (χ2n) is 7.36. The summed E-state index contributed by atoms with van der Waals surface area (Å²) in [6.07, 6.45) is 1.89. The number of aryl methyl sites for hydroxylation is 1. The molecule has 0 heterocycles. The van der Waals surface area contributed by atoms with Crippen LogP contribution in [0.5, 0.6) is 5.75 Å². The summed E-state index contributed by atoms with van der Waals surface area (Å²) in [5.74, 6) is 1.71. The smallest absolute Gasteiger partial charge is 0.257 e. The molecule has 0 bridgehead atoms. The van der Waals surface area contributed by atoms with Crippen LogP contribution in [0, 0.1) is 0 Å². The Bertz CT molecular complexity index is 672. The van der Waals surface area contributed by atoms with Crippen molar-refractivity contribution >= 4 is 5.91 Å². The minimum Gasteiger partial charge on any atom is -0.484 e. The van der Waals surface area contributed by atoms with Crippen molar-refractivity contribution in [3.8, 4) is 5.75 Å². The quantitative estimate of drug-likeness (QED) is 0.640. The van der Waals surface area contributed by atoms with E-state index in [0.29, 0.717) is 18.4 Å². The standard InChI is InChI=1S/C23H31NO2/c1-17(2)20-9-7-19(8-10-20)6-5-15-24-23(25)16-26-22-13-11-21(12-14-22)18(3)4/h7-14,17-18H,5-6,15-16H2,1-4H3,(H,24,25). The molecule has 3 nitrogen and oxygen atoms in total. The van der Waals surface area contributed by atoms with E-state index in [0.717, 1.165) is 18.6 Å². The van der Waals surface area contributed by atoms with Gasteiger partial charge in [0.15, 0.2) is 6.61 Å². The van der Waals surface area contributed by atoms with E-state index in [1.807, 2.05) is 24.3 Å². The molecule has 2 aromatic carbocycles. The Morgan fingerprint density at radius 2 is 1.42 bits per heavy atom. The van der Waals surface area contributed by atoms with Crippen molar-refractivity contribution in [2.24, 2.45) is 0 Å². The predicted octanol–water partition coefficient (Wildman–Crippen LogP) is 5.06. The topological polar surface area (TPSA) is 38.3 Å². The summed E-state index contributed by atoms with van der Waals surface area (Å²) in [5, 5.41) is 2.92. The van der Waals surface area contributed by atoms with Gasteiger partial charge in [-0.05, 0) is 53.5 Å². The van der Waals surface area contributed by atoms with E-state index in [1.54, 1.807) is 0 Å². The third-order valence-electron chi connectivity index (χ3n) is 4.53. The summed E-state index contributed by atoms with van der Waals surface area (Å²) in [4.78, 5) is 11.9. The number of carbonyl (C=O) groups is 1. The van der Waals surface area contributed by atoms with Gasteiger partial charge >= 0.3 is 0 Å². The maximum Gasteiger partial charge on any atom is 0.257 e. The molecule has 0 saturated carbocycles. The number of carbonyl (C=O) groups excluding carboxylic acids is 1. The first-order chi connectivity index (χ1) is 12.5. The van der Waals surface area contributed by atoms with E-state index in [4.69, 9.17) is 4.74 Å². The summed E-state index contributed by atoms with van der Waals surface area (Å²) in [6.45, 7) is 9.44. The van der Waals surface area contributed by atoms with Crippen LogP contribution in [0.1, 0.15) is 62.6 Å². The van der Waals surface area contributed by atoms with Crippen molar-refractivity contribution in [2.75, 3.05) is 13.2 Å². The van der Waals surface area contributed by atoms with Crippen LogP contribution in [-0.4, -0.2) is 19.1 Å². The van der Waals surface area contributed by atoms with Gasteiger partial charge in [-0.3, -0.25) is 4.79 Å². The predicted molar refractivity (Wildman–Crippen MR) is 108 cm³/mol. The van der Waals surface area contributed by atoms with Crippen molar-refractivity contribution in [3.05, 3.63) is 65.2 Å². The number of hydrogen-bond acceptors (Lipinski definition) is 2. The largest absolute Gasteiger partial charge is 0.484 e. The Kier molecular flexibility index (Phi) is 7.71. The minimum absolute atomic E-state index is 0.0596. The lowest BCUT2D eigenvalue weighted by atomic mass is 10.0. The van der Waals surface area contributed by atoms with Gasteiger partial charge in [0, 0.05) is 6.54 Å². The van der Waals surface area contributed by atoms with Gasteiger partial charge in [-0.15, -0.1) is 0 Å². The van der Waals surface area contributed by atoms with Crippen LogP contribution >= 0.6 is 0 Å². The van der Waals surface area contributed by atoms with Crippen LogP contribution in [-0.2, 0) is 11.2 Å². The molecule has 0 aromatic heterocycles. The highest BCUT2D eigenvalue weighted by atomic mass is 16.5. The number of ether oxygens (including phenoxy) is 1. The first-order valence-electron chi connectivity index (χ1n) is 9.54. The molecule has 0 atom stereocenters. The maximum absolute atomic E-state index is 11.9. The molecule has 0 aliphatic heterocycles. The Morgan fingerprint density at radius 1 is 0.885 bits per heavy atom. The Labute approximate surface area is 157 Å². The molecule has 0 unspecified atom stereocenters. The molecule has 0 radical (unpaired) electrons. The average Bonchev–Trinajstić information content (AvgIpc) is 2.64. The van der Waals surface area contributed by atoms with Crippen molar-refractivity contribution < 1.29 is 9.53 Å². The van der Waals surface area contributed by atoms with Gasteiger partial charge in [0.1, 0.15) is 5.75 Å². The molecular weight excluding hydrogens is 322 g/mol. The number of amides is 1. The summed E-state index contributed by atoms with van der Waals surface area (Å²) >= 11 is 0. The molecule has 1 amide bonds. The van der Waals surface area contributed by atoms with Gasteiger partial charge in [-0.1, -0.05) is 64.1 Å². The highest BCUT2D eigenvalue weighted by molar-refractivity contribution is 5.77. The second kappa shape index (κ2) is 10.0. The van der Waals surface area contributed by atoms with Crippen molar-refractivity contribution in [2.45, 2.75) is 52.4 Å². The fraction of sp³-hybridized carbons (Fsp3) is 0.435. The van der Waals surface area contributed by atoms with E-state index in [9.17, 15) is 4.79 Å². The maximum atomic E-state index is 11.9. The van der Waals surface area contributed by atoms with Gasteiger partial charge in [0.25, 0.3) is 5.91 Å². The van der Waals surface area contributed by atoms with Crippen LogP contribution in [0.2, 0.25) is 0 Å². The molecule has 2 aromatic rings. The highest BCUT2D eigenvalue weighted by Crippen LogP contribution is 2.18. The highest BCUT2D eigenvalue weighted by Gasteiger charge is 2.04. The second-order valence-corrected chi connectivity index (χ2v) is 7.36. The molecule has 1 N–H and O–H groups in total. The van der Waals surface area contributed by atoms with E-state index in [1.165, 1.54) is 16.7 Å². The third-order valence-corrected chi connectivity index (χ3v) is 4.53. The normalized spacial score (nSPS) is 11.0. The van der Waals surface area contributed by atoms with Gasteiger partial charge in [0.2, 0.25) is 0 Å². The molecule has 26 heavy (non-hydrogen) atoms. The fourth-order valence-corrected chi connectivity index (χ4v) is 2.74. The Morgan fingerprint density at radius 3 is 1.96 bits per heavy atom. The van der Waals surface area contributed by atoms with E-state index in [-0.39, 0.29) is 12.5 Å². The van der Waals surface area contributed by atoms with Crippen molar-refractivity contribution in [1.29, 1.82) is 0 Å². The fourth-order valence-electron chi connectivity index (χ4n) is 2.74. The first-order valence-corrected chi connectivity index (χ1v) is 9.54. The van der Waals surface area contributed by atoms with Gasteiger partial charge < -0.3 is 10.1 Å². The molecule has 0 spiro atoms. The number of rotatable bonds is 9. The zero-order chi connectivity index (χ0) is 18.9. The molecule has 2 rings (SSSR count). The molecule has 0 saturated heterocycles. The van der Waals surface area contributed by atoms with Gasteiger partial charge in [-0.25, -0.2) is 0 Å². The summed E-state index contributed by atoms with van der Waals surface area (Å²) in [7, 11) is 0. The van der Waals surface area contributed by atoms with Gasteiger partial charge in [-0.2, -0.15) is 0 Å². The zero-order valence-corrected chi connectivity index (χ0v) is 16.4. The molecular formula is C23H31NO2. The molecule has 0 fully saturated rings. The van der Waals surface area contributed by atoms with E-state index >= 15 is 0 Å². The Hall–Kier alpha value is -2.29. The van der Waals surface area contributed by atoms with Crippen LogP contribution in [0.4, 0.5) is 0 Å². The first kappa shape index (κ1) is 20.0.